The molecule has 0 aromatic carbocycles. The molecule has 0 aliphatic heterocycles. The first-order valence-electron chi connectivity index (χ1n) is 6.28. The number of thiazole rings is 1. The number of aromatic nitrogens is 1. The number of halogens is 1. The molecular weight excluding hydrogens is 334 g/mol. The molecule has 0 unspecified atom stereocenters. The minimum Gasteiger partial charge on any atom is -0.449 e. The number of nitrogens with zero attached hydrogens (tertiary/aromatic N) is 4. The average molecular weight is 350 g/mol. The average Bonchev–Trinajstić information content (AvgIpc) is 2.85. The third-order valence-corrected chi connectivity index (χ3v) is 3.36. The van der Waals surface area contributed by atoms with E-state index in [9.17, 15) is 14.9 Å². The Balaban J connectivity index is 2.97. The van der Waals surface area contributed by atoms with Crippen molar-refractivity contribution in [3.05, 3.63) is 25.7 Å². The van der Waals surface area contributed by atoms with Gasteiger partial charge in [0.2, 0.25) is 0 Å². The summed E-state index contributed by atoms with van der Waals surface area (Å²) in [4.78, 5) is 28.3. The van der Waals surface area contributed by atoms with E-state index in [4.69, 9.17) is 16.3 Å². The summed E-state index contributed by atoms with van der Waals surface area (Å²) in [5, 5.41) is 15.4. The van der Waals surface area contributed by atoms with Crippen LogP contribution in [0.2, 0.25) is 4.47 Å². The fraction of sp³-hybridized carbons (Fsp3) is 0.545. The Kier molecular flexibility index (Phi) is 6.99. The second-order valence-electron chi connectivity index (χ2n) is 4.55. The molecule has 122 valence electrons. The fourth-order valence-corrected chi connectivity index (χ4v) is 2.34. The smallest absolute Gasteiger partial charge is 0.417 e. The Morgan fingerprint density at radius 1 is 1.68 bits per heavy atom. The Hall–Kier alpha value is -1.94. The number of nitro groups is 1. The normalized spacial score (nSPS) is 11.4. The SMILES string of the molecule is CN/C(=N\[N+](=O)[O-])N(Cc1cnc(Cl)s1)C(=O)OCC(C)C. The number of hydrazone groups is 1. The molecule has 1 N–H and O–H groups in total. The number of guanidine groups is 1. The zero-order chi connectivity index (χ0) is 16.7. The molecule has 0 aliphatic carbocycles. The second-order valence-corrected chi connectivity index (χ2v) is 6.25. The van der Waals surface area contributed by atoms with E-state index in [0.29, 0.717) is 9.34 Å². The number of carbonyl (C=O) groups is 1. The maximum absolute atomic E-state index is 12.2. The summed E-state index contributed by atoms with van der Waals surface area (Å²) in [7, 11) is 1.42. The molecule has 0 saturated heterocycles. The van der Waals surface area contributed by atoms with E-state index in [1.165, 1.54) is 13.2 Å². The quantitative estimate of drug-likeness (QED) is 0.377. The van der Waals surface area contributed by atoms with E-state index < -0.39 is 11.1 Å². The Morgan fingerprint density at radius 3 is 2.82 bits per heavy atom. The number of hydrogen-bond acceptors (Lipinski definition) is 6. The van der Waals surface area contributed by atoms with Crippen molar-refractivity contribution in [1.82, 2.24) is 15.2 Å². The van der Waals surface area contributed by atoms with Gasteiger partial charge in [-0.3, -0.25) is 0 Å². The number of nitrogens with one attached hydrogen (secondary N) is 1. The van der Waals surface area contributed by atoms with E-state index in [2.05, 4.69) is 15.4 Å². The van der Waals surface area contributed by atoms with E-state index in [-0.39, 0.29) is 25.0 Å². The molecule has 22 heavy (non-hydrogen) atoms. The van der Waals surface area contributed by atoms with Crippen molar-refractivity contribution in [1.29, 1.82) is 0 Å². The third kappa shape index (κ3) is 5.82. The van der Waals surface area contributed by atoms with Gasteiger partial charge in [-0.25, -0.2) is 24.8 Å². The van der Waals surface area contributed by atoms with Crippen LogP contribution in [0.1, 0.15) is 18.7 Å². The van der Waals surface area contributed by atoms with Crippen molar-refractivity contribution in [3.8, 4) is 0 Å². The van der Waals surface area contributed by atoms with Gasteiger partial charge in [0.05, 0.1) is 13.2 Å². The molecule has 0 atom stereocenters. The first-order chi connectivity index (χ1) is 10.3. The minimum atomic E-state index is -0.895. The van der Waals surface area contributed by atoms with E-state index >= 15 is 0 Å². The first kappa shape index (κ1) is 18.1. The molecule has 0 saturated carbocycles. The molecule has 0 aliphatic rings. The minimum absolute atomic E-state index is 0.00876. The van der Waals surface area contributed by atoms with Gasteiger partial charge in [-0.15, -0.1) is 11.3 Å². The van der Waals surface area contributed by atoms with Crippen LogP contribution < -0.4 is 5.32 Å². The molecule has 1 rings (SSSR count). The van der Waals surface area contributed by atoms with Crippen molar-refractivity contribution in [2.75, 3.05) is 13.7 Å². The number of rotatable bonds is 5. The Bertz CT molecular complexity index is 562. The van der Waals surface area contributed by atoms with Crippen LogP contribution in [0, 0.1) is 16.0 Å². The summed E-state index contributed by atoms with van der Waals surface area (Å²) in [5.74, 6) is -0.0996. The predicted octanol–water partition coefficient (Wildman–Crippen LogP) is 2.16. The van der Waals surface area contributed by atoms with E-state index in [1.54, 1.807) is 0 Å². The molecule has 0 bridgehead atoms. The van der Waals surface area contributed by atoms with Gasteiger partial charge in [0, 0.05) is 18.1 Å². The predicted molar refractivity (Wildman–Crippen MR) is 82.3 cm³/mol. The molecule has 11 heteroatoms. The summed E-state index contributed by atoms with van der Waals surface area (Å²) in [6.45, 7) is 3.96. The molecule has 1 aromatic rings. The van der Waals surface area contributed by atoms with Crippen molar-refractivity contribution < 1.29 is 14.6 Å². The van der Waals surface area contributed by atoms with Crippen LogP contribution >= 0.6 is 22.9 Å². The molecular formula is C11H16ClN5O4S. The molecule has 1 amide bonds. The third-order valence-electron chi connectivity index (χ3n) is 2.26. The lowest BCUT2D eigenvalue weighted by Crippen LogP contribution is -2.44. The van der Waals surface area contributed by atoms with Gasteiger partial charge in [0.25, 0.3) is 5.96 Å². The second kappa shape index (κ2) is 8.49. The van der Waals surface area contributed by atoms with Gasteiger partial charge in [0.15, 0.2) is 9.50 Å². The van der Waals surface area contributed by atoms with Crippen LogP contribution in [0.4, 0.5) is 4.79 Å². The zero-order valence-electron chi connectivity index (χ0n) is 12.3. The largest absolute Gasteiger partial charge is 0.449 e. The highest BCUT2D eigenvalue weighted by Crippen LogP contribution is 2.20. The van der Waals surface area contributed by atoms with Gasteiger partial charge in [-0.2, -0.15) is 0 Å². The van der Waals surface area contributed by atoms with Gasteiger partial charge in [0.1, 0.15) is 5.10 Å². The molecule has 9 nitrogen and oxygen atoms in total. The number of carbonyl (C=O) groups excluding carboxylic acids is 1. The summed E-state index contributed by atoms with van der Waals surface area (Å²) in [6, 6.07) is 0. The molecule has 0 fully saturated rings. The highest BCUT2D eigenvalue weighted by atomic mass is 35.5. The van der Waals surface area contributed by atoms with Crippen LogP contribution in [0.5, 0.6) is 0 Å². The summed E-state index contributed by atoms with van der Waals surface area (Å²) in [6.07, 6.45) is 0.739. The Labute approximate surface area is 136 Å². The van der Waals surface area contributed by atoms with E-state index in [1.807, 2.05) is 13.8 Å². The number of amides is 1. The van der Waals surface area contributed by atoms with Crippen molar-refractivity contribution in [3.63, 3.8) is 0 Å². The highest BCUT2D eigenvalue weighted by molar-refractivity contribution is 7.15. The molecule has 1 heterocycles. The summed E-state index contributed by atoms with van der Waals surface area (Å²) >= 11 is 6.90. The monoisotopic (exact) mass is 349 g/mol. The van der Waals surface area contributed by atoms with Gasteiger partial charge < -0.3 is 10.1 Å². The molecule has 0 spiro atoms. The van der Waals surface area contributed by atoms with E-state index in [0.717, 1.165) is 16.2 Å². The molecule has 0 radical (unpaired) electrons. The number of ether oxygens (including phenoxy) is 1. The summed E-state index contributed by atoms with van der Waals surface area (Å²) in [5.41, 5.74) is 0. The van der Waals surface area contributed by atoms with Crippen LogP contribution in [-0.2, 0) is 11.3 Å². The van der Waals surface area contributed by atoms with Crippen LogP contribution in [0.3, 0.4) is 0 Å². The molecule has 1 aromatic heterocycles. The number of hydrogen-bond donors (Lipinski definition) is 1. The maximum atomic E-state index is 12.2. The lowest BCUT2D eigenvalue weighted by Gasteiger charge is -2.21. The van der Waals surface area contributed by atoms with Crippen molar-refractivity contribution in [2.24, 2.45) is 11.0 Å². The Morgan fingerprint density at radius 2 is 2.36 bits per heavy atom. The standard InChI is InChI=1S/C11H16ClN5O4S/c1-7(2)6-21-11(18)16(10(13-3)15-17(19)20)5-8-4-14-9(12)22-8/h4,7H,5-6H2,1-3H3,(H,13,15). The van der Waals surface area contributed by atoms with Crippen molar-refractivity contribution in [2.45, 2.75) is 20.4 Å². The van der Waals surface area contributed by atoms with Crippen LogP contribution in [0.15, 0.2) is 11.3 Å². The van der Waals surface area contributed by atoms with Gasteiger partial charge in [-0.1, -0.05) is 25.4 Å². The van der Waals surface area contributed by atoms with Gasteiger partial charge in [-0.05, 0) is 5.92 Å². The lowest BCUT2D eigenvalue weighted by molar-refractivity contribution is -0.485. The topological polar surface area (TPSA) is 110 Å². The van der Waals surface area contributed by atoms with Gasteiger partial charge >= 0.3 is 6.09 Å². The highest BCUT2D eigenvalue weighted by Gasteiger charge is 2.24. The lowest BCUT2D eigenvalue weighted by atomic mass is 10.2. The fourth-order valence-electron chi connectivity index (χ4n) is 1.37. The van der Waals surface area contributed by atoms with Crippen molar-refractivity contribution >= 4 is 35.0 Å². The zero-order valence-corrected chi connectivity index (χ0v) is 13.8. The van der Waals surface area contributed by atoms with Crippen LogP contribution in [-0.4, -0.2) is 40.6 Å². The van der Waals surface area contributed by atoms with Crippen LogP contribution in [0.25, 0.3) is 0 Å². The maximum Gasteiger partial charge on any atom is 0.417 e. The first-order valence-corrected chi connectivity index (χ1v) is 7.48. The summed E-state index contributed by atoms with van der Waals surface area (Å²) < 4.78 is 5.41.